The second-order valence-electron chi connectivity index (χ2n) is 5.33. The van der Waals surface area contributed by atoms with E-state index in [1.54, 1.807) is 0 Å². The molecule has 0 aromatic heterocycles. The van der Waals surface area contributed by atoms with Crippen molar-refractivity contribution in [2.75, 3.05) is 6.54 Å². The molecule has 1 aliphatic rings. The van der Waals surface area contributed by atoms with Gasteiger partial charge in [0.15, 0.2) is 0 Å². The van der Waals surface area contributed by atoms with Crippen molar-refractivity contribution in [1.82, 2.24) is 5.32 Å². The van der Waals surface area contributed by atoms with E-state index >= 15 is 0 Å². The Hall–Kier alpha value is -1.06. The van der Waals surface area contributed by atoms with Gasteiger partial charge in [-0.25, -0.2) is 0 Å². The lowest BCUT2D eigenvalue weighted by atomic mass is 9.98. The van der Waals surface area contributed by atoms with Crippen molar-refractivity contribution in [3.63, 3.8) is 0 Å². The molecule has 2 nitrogen and oxygen atoms in total. The topological polar surface area (TPSA) is 21.3 Å². The number of hydrogen-bond donors (Lipinski definition) is 1. The first-order valence-electron chi connectivity index (χ1n) is 7.37. The molecule has 3 rings (SSSR count). The highest BCUT2D eigenvalue weighted by molar-refractivity contribution is 9.10. The lowest BCUT2D eigenvalue weighted by Gasteiger charge is -2.18. The summed E-state index contributed by atoms with van der Waals surface area (Å²) in [5, 5.41) is 6.12. The van der Waals surface area contributed by atoms with Gasteiger partial charge >= 0.3 is 0 Å². The summed E-state index contributed by atoms with van der Waals surface area (Å²) in [6.45, 7) is 5.40. The van der Waals surface area contributed by atoms with Crippen LogP contribution in [0, 0.1) is 0 Å². The summed E-state index contributed by atoms with van der Waals surface area (Å²) in [5.74, 6) is 1.02. The molecule has 0 aliphatic carbocycles. The highest BCUT2D eigenvalue weighted by Crippen LogP contribution is 2.46. The average Bonchev–Trinajstić information content (AvgIpc) is 2.83. The van der Waals surface area contributed by atoms with Crippen molar-refractivity contribution in [3.8, 4) is 5.75 Å². The van der Waals surface area contributed by atoms with Gasteiger partial charge in [0, 0.05) is 5.56 Å². The quantitative estimate of drug-likeness (QED) is 0.866. The summed E-state index contributed by atoms with van der Waals surface area (Å²) in [6, 6.07) is 11.0. The molecule has 3 heteroatoms. The van der Waals surface area contributed by atoms with Gasteiger partial charge in [-0.1, -0.05) is 38.1 Å². The Labute approximate surface area is 128 Å². The largest absolute Gasteiger partial charge is 0.487 e. The molecule has 2 aromatic rings. The minimum atomic E-state index is 0.227. The fourth-order valence-electron chi connectivity index (χ4n) is 2.94. The molecule has 0 saturated heterocycles. The second kappa shape index (κ2) is 5.74. The molecule has 1 heterocycles. The molecule has 0 bridgehead atoms. The minimum absolute atomic E-state index is 0.227. The van der Waals surface area contributed by atoms with Gasteiger partial charge in [0.05, 0.1) is 10.5 Å². The third kappa shape index (κ3) is 2.23. The lowest BCUT2D eigenvalue weighted by Crippen LogP contribution is -2.31. The fraction of sp³-hybridized carbons (Fsp3) is 0.412. The van der Waals surface area contributed by atoms with E-state index in [9.17, 15) is 0 Å². The zero-order valence-electron chi connectivity index (χ0n) is 11.9. The van der Waals surface area contributed by atoms with Gasteiger partial charge in [-0.2, -0.15) is 0 Å². The predicted molar refractivity (Wildman–Crippen MR) is 87.4 cm³/mol. The molecule has 0 amide bonds. The van der Waals surface area contributed by atoms with E-state index in [-0.39, 0.29) is 6.10 Å². The van der Waals surface area contributed by atoms with Crippen LogP contribution in [0.4, 0.5) is 0 Å². The Morgan fingerprint density at radius 3 is 2.80 bits per heavy atom. The zero-order valence-corrected chi connectivity index (χ0v) is 13.5. The van der Waals surface area contributed by atoms with Crippen LogP contribution < -0.4 is 10.1 Å². The normalized spacial score (nSPS) is 20.9. The number of ether oxygens (including phenoxy) is 1. The number of nitrogens with one attached hydrogen (secondary N) is 1. The van der Waals surface area contributed by atoms with E-state index < -0.39 is 0 Å². The van der Waals surface area contributed by atoms with Crippen LogP contribution in [0.1, 0.15) is 38.3 Å². The van der Waals surface area contributed by atoms with E-state index in [0.29, 0.717) is 6.04 Å². The lowest BCUT2D eigenvalue weighted by molar-refractivity contribution is 0.184. The Morgan fingerprint density at radius 1 is 1.25 bits per heavy atom. The Morgan fingerprint density at radius 2 is 2.05 bits per heavy atom. The molecule has 2 unspecified atom stereocenters. The SMILES string of the molecule is CCCNC1c2cc3ccccc3c(Br)c2OC1CC. The molecule has 106 valence electrons. The average molecular weight is 334 g/mol. The van der Waals surface area contributed by atoms with Gasteiger partial charge in [-0.15, -0.1) is 0 Å². The first-order chi connectivity index (χ1) is 9.76. The third-order valence-corrected chi connectivity index (χ3v) is 4.75. The van der Waals surface area contributed by atoms with Crippen LogP contribution in [0.2, 0.25) is 0 Å². The Bertz CT molecular complexity index is 626. The Kier molecular flexibility index (Phi) is 3.99. The number of rotatable bonds is 4. The van der Waals surface area contributed by atoms with Gasteiger partial charge in [-0.3, -0.25) is 0 Å². The highest BCUT2D eigenvalue weighted by atomic mass is 79.9. The predicted octanol–water partition coefficient (Wildman–Crippen LogP) is 4.81. The summed E-state index contributed by atoms with van der Waals surface area (Å²) in [6.07, 6.45) is 2.38. The van der Waals surface area contributed by atoms with Crippen molar-refractivity contribution in [1.29, 1.82) is 0 Å². The van der Waals surface area contributed by atoms with Crippen molar-refractivity contribution < 1.29 is 4.74 Å². The van der Waals surface area contributed by atoms with Gasteiger partial charge in [-0.05, 0) is 52.2 Å². The van der Waals surface area contributed by atoms with E-state index in [0.717, 1.165) is 29.6 Å². The maximum Gasteiger partial charge on any atom is 0.139 e. The summed E-state index contributed by atoms with van der Waals surface area (Å²) >= 11 is 3.73. The zero-order chi connectivity index (χ0) is 14.1. The first kappa shape index (κ1) is 13.9. The first-order valence-corrected chi connectivity index (χ1v) is 8.16. The van der Waals surface area contributed by atoms with Gasteiger partial charge < -0.3 is 10.1 Å². The van der Waals surface area contributed by atoms with E-state index in [1.807, 2.05) is 0 Å². The number of benzene rings is 2. The van der Waals surface area contributed by atoms with Gasteiger partial charge in [0.1, 0.15) is 11.9 Å². The van der Waals surface area contributed by atoms with Crippen LogP contribution in [0.5, 0.6) is 5.75 Å². The molecule has 0 spiro atoms. The van der Waals surface area contributed by atoms with Crippen molar-refractivity contribution in [2.24, 2.45) is 0 Å². The maximum absolute atomic E-state index is 6.20. The van der Waals surface area contributed by atoms with Crippen LogP contribution in [-0.4, -0.2) is 12.6 Å². The second-order valence-corrected chi connectivity index (χ2v) is 6.12. The summed E-state index contributed by atoms with van der Waals surface area (Å²) in [4.78, 5) is 0. The molecule has 1 aliphatic heterocycles. The van der Waals surface area contributed by atoms with Gasteiger partial charge in [0.25, 0.3) is 0 Å². The van der Waals surface area contributed by atoms with Crippen LogP contribution >= 0.6 is 15.9 Å². The molecule has 1 N–H and O–H groups in total. The number of hydrogen-bond acceptors (Lipinski definition) is 2. The van der Waals surface area contributed by atoms with E-state index in [1.165, 1.54) is 16.3 Å². The van der Waals surface area contributed by atoms with E-state index in [2.05, 4.69) is 65.4 Å². The van der Waals surface area contributed by atoms with Crippen molar-refractivity contribution in [2.45, 2.75) is 38.8 Å². The van der Waals surface area contributed by atoms with Crippen LogP contribution in [0.3, 0.4) is 0 Å². The standard InChI is InChI=1S/C17H20BrNO/c1-3-9-19-16-13-10-11-7-5-6-8-12(11)15(18)17(13)20-14(16)4-2/h5-8,10,14,16,19H,3-4,9H2,1-2H3. The molecule has 0 saturated carbocycles. The highest BCUT2D eigenvalue weighted by Gasteiger charge is 2.34. The third-order valence-electron chi connectivity index (χ3n) is 3.96. The number of fused-ring (bicyclic) bond motifs is 2. The fourth-order valence-corrected chi connectivity index (χ4v) is 3.62. The summed E-state index contributed by atoms with van der Waals surface area (Å²) in [7, 11) is 0. The van der Waals surface area contributed by atoms with Crippen LogP contribution in [0.15, 0.2) is 34.8 Å². The van der Waals surface area contributed by atoms with Crippen molar-refractivity contribution in [3.05, 3.63) is 40.4 Å². The summed E-state index contributed by atoms with van der Waals surface area (Å²) in [5.41, 5.74) is 1.29. The van der Waals surface area contributed by atoms with Crippen LogP contribution in [0.25, 0.3) is 10.8 Å². The van der Waals surface area contributed by atoms with Gasteiger partial charge in [0.2, 0.25) is 0 Å². The monoisotopic (exact) mass is 333 g/mol. The van der Waals surface area contributed by atoms with Crippen LogP contribution in [-0.2, 0) is 0 Å². The van der Waals surface area contributed by atoms with Crippen molar-refractivity contribution >= 4 is 26.7 Å². The molecule has 0 fully saturated rings. The summed E-state index contributed by atoms with van der Waals surface area (Å²) < 4.78 is 7.28. The number of halogens is 1. The minimum Gasteiger partial charge on any atom is -0.487 e. The molecular weight excluding hydrogens is 314 g/mol. The molecule has 0 radical (unpaired) electrons. The molecule has 20 heavy (non-hydrogen) atoms. The molecule has 2 atom stereocenters. The van der Waals surface area contributed by atoms with E-state index in [4.69, 9.17) is 4.74 Å². The molecular formula is C17H20BrNO. The Balaban J connectivity index is 2.10. The maximum atomic E-state index is 6.20. The smallest absolute Gasteiger partial charge is 0.139 e. The molecule has 2 aromatic carbocycles.